The molecule has 0 radical (unpaired) electrons. The minimum absolute atomic E-state index is 0.146. The van der Waals surface area contributed by atoms with Crippen LogP contribution in [0.25, 0.3) is 44.6 Å². The van der Waals surface area contributed by atoms with Crippen LogP contribution in [0.15, 0.2) is 53.7 Å². The Morgan fingerprint density at radius 3 is 2.68 bits per heavy atom. The molecule has 5 heterocycles. The fraction of sp³-hybridized carbons (Fsp3) is 0.130. The summed E-state index contributed by atoms with van der Waals surface area (Å²) in [7, 11) is 1.79. The largest absolute Gasteiger partial charge is 0.275 e. The highest BCUT2D eigenvalue weighted by molar-refractivity contribution is 7.08. The lowest BCUT2D eigenvalue weighted by Gasteiger charge is -2.16. The first-order valence-electron chi connectivity index (χ1n) is 10.4. The lowest BCUT2D eigenvalue weighted by Crippen LogP contribution is -2.14. The van der Waals surface area contributed by atoms with Gasteiger partial charge in [-0.3, -0.25) is 9.67 Å². The van der Waals surface area contributed by atoms with E-state index in [0.717, 1.165) is 11.1 Å². The third-order valence-electron chi connectivity index (χ3n) is 5.74. The van der Waals surface area contributed by atoms with E-state index in [2.05, 4.69) is 30.4 Å². The molecule has 168 valence electrons. The summed E-state index contributed by atoms with van der Waals surface area (Å²) in [4.78, 5) is 13.2. The van der Waals surface area contributed by atoms with E-state index in [-0.39, 0.29) is 16.5 Å². The van der Waals surface area contributed by atoms with Crippen LogP contribution in [0.2, 0.25) is 0 Å². The molecule has 0 saturated heterocycles. The first kappa shape index (κ1) is 20.5. The Hall–Kier alpha value is -4.12. The summed E-state index contributed by atoms with van der Waals surface area (Å²) in [5, 5.41) is 16.4. The van der Waals surface area contributed by atoms with Gasteiger partial charge in [0, 0.05) is 58.5 Å². The third kappa shape index (κ3) is 3.24. The van der Waals surface area contributed by atoms with E-state index in [4.69, 9.17) is 0 Å². The first-order valence-corrected chi connectivity index (χ1v) is 11.3. The zero-order valence-corrected chi connectivity index (χ0v) is 18.8. The second kappa shape index (κ2) is 7.73. The molecule has 5 aromatic heterocycles. The van der Waals surface area contributed by atoms with Crippen molar-refractivity contribution in [3.05, 3.63) is 70.9 Å². The van der Waals surface area contributed by atoms with Crippen molar-refractivity contribution in [2.75, 3.05) is 0 Å². The van der Waals surface area contributed by atoms with Crippen molar-refractivity contribution in [3.8, 4) is 22.4 Å². The van der Waals surface area contributed by atoms with Gasteiger partial charge in [0.15, 0.2) is 5.65 Å². The van der Waals surface area contributed by atoms with Gasteiger partial charge in [0.05, 0.1) is 29.6 Å². The molecule has 1 atom stereocenters. The predicted octanol–water partition coefficient (Wildman–Crippen LogP) is 4.79. The Kier molecular flexibility index (Phi) is 4.66. The zero-order valence-electron chi connectivity index (χ0n) is 18.0. The van der Waals surface area contributed by atoms with Gasteiger partial charge in [0.1, 0.15) is 11.6 Å². The Labute approximate surface area is 195 Å². The average molecular weight is 475 g/mol. The number of rotatable bonds is 4. The van der Waals surface area contributed by atoms with E-state index in [9.17, 15) is 0 Å². The number of aromatic nitrogens is 8. The molecule has 0 saturated carbocycles. The van der Waals surface area contributed by atoms with Crippen molar-refractivity contribution >= 4 is 33.5 Å². The fourth-order valence-electron chi connectivity index (χ4n) is 3.99. The van der Waals surface area contributed by atoms with E-state index in [1.807, 2.05) is 16.8 Å². The van der Waals surface area contributed by atoms with E-state index < -0.39 is 17.7 Å². The van der Waals surface area contributed by atoms with Gasteiger partial charge >= 0.3 is 0 Å². The van der Waals surface area contributed by atoms with Crippen molar-refractivity contribution in [1.29, 1.82) is 0 Å². The number of hydrogen-bond acceptors (Lipinski definition) is 7. The number of thiophene rings is 1. The summed E-state index contributed by atoms with van der Waals surface area (Å²) in [5.41, 5.74) is 3.72. The molecule has 0 bridgehead atoms. The number of benzene rings is 1. The van der Waals surface area contributed by atoms with E-state index in [1.165, 1.54) is 22.1 Å². The van der Waals surface area contributed by atoms with Crippen LogP contribution in [0.5, 0.6) is 0 Å². The summed E-state index contributed by atoms with van der Waals surface area (Å²) in [6.07, 6.45) is 6.66. The quantitative estimate of drug-likeness (QED) is 0.365. The van der Waals surface area contributed by atoms with Crippen molar-refractivity contribution < 1.29 is 8.78 Å². The van der Waals surface area contributed by atoms with Gasteiger partial charge in [-0.25, -0.2) is 23.4 Å². The highest BCUT2D eigenvalue weighted by atomic mass is 32.1. The lowest BCUT2D eigenvalue weighted by molar-refractivity contribution is 0.484. The number of halogens is 2. The molecule has 0 amide bonds. The van der Waals surface area contributed by atoms with Crippen molar-refractivity contribution in [3.63, 3.8) is 0 Å². The van der Waals surface area contributed by atoms with Crippen LogP contribution < -0.4 is 0 Å². The summed E-state index contributed by atoms with van der Waals surface area (Å²) < 4.78 is 34.0. The molecule has 6 rings (SSSR count). The molecule has 0 aliphatic rings. The Morgan fingerprint density at radius 2 is 1.91 bits per heavy atom. The molecule has 8 nitrogen and oxygen atoms in total. The topological polar surface area (TPSA) is 87.2 Å². The third-order valence-corrected chi connectivity index (χ3v) is 6.42. The van der Waals surface area contributed by atoms with Crippen LogP contribution in [0.4, 0.5) is 8.78 Å². The summed E-state index contributed by atoms with van der Waals surface area (Å²) in [6.45, 7) is 1.65. The normalized spacial score (nSPS) is 12.6. The smallest absolute Gasteiger partial charge is 0.221 e. The standard InChI is InChI=1S/C23H16F2N8S/c1-12(33-23-22(30-31-33)27-9-19(29-23)13-3-4-34-11-13)20-17(24)6-18-16(21(20)25)5-14(7-26-18)15-8-28-32(2)10-15/h3-12H,1-2H3. The molecule has 1 unspecified atom stereocenters. The van der Waals surface area contributed by atoms with Crippen molar-refractivity contribution in [1.82, 2.24) is 39.7 Å². The van der Waals surface area contributed by atoms with Crippen LogP contribution in [-0.2, 0) is 7.05 Å². The molecule has 0 aliphatic carbocycles. The molecule has 34 heavy (non-hydrogen) atoms. The molecule has 1 aromatic carbocycles. The molecule has 0 fully saturated rings. The lowest BCUT2D eigenvalue weighted by atomic mass is 10.0. The second-order valence-electron chi connectivity index (χ2n) is 7.90. The molecule has 0 N–H and O–H groups in total. The number of pyridine rings is 1. The van der Waals surface area contributed by atoms with Crippen LogP contribution in [0.3, 0.4) is 0 Å². The molecular formula is C23H16F2N8S. The average Bonchev–Trinajstić information content (AvgIpc) is 3.59. The maximum Gasteiger partial charge on any atom is 0.221 e. The van der Waals surface area contributed by atoms with Gasteiger partial charge in [-0.05, 0) is 24.4 Å². The van der Waals surface area contributed by atoms with Crippen LogP contribution in [-0.4, -0.2) is 39.7 Å². The van der Waals surface area contributed by atoms with Gasteiger partial charge < -0.3 is 0 Å². The maximum absolute atomic E-state index is 15.8. The van der Waals surface area contributed by atoms with E-state index in [0.29, 0.717) is 22.6 Å². The Morgan fingerprint density at radius 1 is 1.03 bits per heavy atom. The number of nitrogens with zero attached hydrogens (tertiary/aromatic N) is 8. The number of fused-ring (bicyclic) bond motifs is 2. The summed E-state index contributed by atoms with van der Waals surface area (Å²) in [6, 6.07) is 3.98. The highest BCUT2D eigenvalue weighted by Gasteiger charge is 2.25. The minimum Gasteiger partial charge on any atom is -0.275 e. The Balaban J connectivity index is 1.49. The monoisotopic (exact) mass is 474 g/mol. The van der Waals surface area contributed by atoms with Crippen LogP contribution in [0, 0.1) is 11.6 Å². The SMILES string of the molecule is CC(c1c(F)cc2ncc(-c3cnn(C)c3)cc2c1F)n1nnc2ncc(-c3ccsc3)nc21. The van der Waals surface area contributed by atoms with Crippen molar-refractivity contribution in [2.45, 2.75) is 13.0 Å². The van der Waals surface area contributed by atoms with E-state index in [1.54, 1.807) is 49.5 Å². The molecule has 0 aliphatic heterocycles. The molecule has 6 aromatic rings. The molecule has 0 spiro atoms. The zero-order chi connectivity index (χ0) is 23.4. The van der Waals surface area contributed by atoms with Gasteiger partial charge in [-0.2, -0.15) is 16.4 Å². The summed E-state index contributed by atoms with van der Waals surface area (Å²) >= 11 is 1.54. The minimum atomic E-state index is -0.830. The van der Waals surface area contributed by atoms with Gasteiger partial charge in [0.25, 0.3) is 0 Å². The second-order valence-corrected chi connectivity index (χ2v) is 8.68. The Bertz CT molecular complexity index is 1670. The van der Waals surface area contributed by atoms with E-state index >= 15 is 8.78 Å². The highest BCUT2D eigenvalue weighted by Crippen LogP contribution is 2.32. The predicted molar refractivity (Wildman–Crippen MR) is 124 cm³/mol. The fourth-order valence-corrected chi connectivity index (χ4v) is 4.64. The van der Waals surface area contributed by atoms with Gasteiger partial charge in [0.2, 0.25) is 5.65 Å². The number of aryl methyl sites for hydroxylation is 1. The van der Waals surface area contributed by atoms with Gasteiger partial charge in [-0.1, -0.05) is 5.21 Å². The maximum atomic E-state index is 15.8. The number of hydrogen-bond donors (Lipinski definition) is 0. The van der Waals surface area contributed by atoms with Crippen LogP contribution in [0.1, 0.15) is 18.5 Å². The van der Waals surface area contributed by atoms with Crippen molar-refractivity contribution in [2.24, 2.45) is 7.05 Å². The van der Waals surface area contributed by atoms with Gasteiger partial charge in [-0.15, -0.1) is 5.10 Å². The molecular weight excluding hydrogens is 458 g/mol. The molecule has 11 heteroatoms. The first-order chi connectivity index (χ1) is 16.5. The van der Waals surface area contributed by atoms with Crippen LogP contribution >= 0.6 is 11.3 Å². The summed E-state index contributed by atoms with van der Waals surface area (Å²) in [5.74, 6) is -1.42.